The number of aryl methyl sites for hydroxylation is 1. The van der Waals surface area contributed by atoms with Crippen molar-refractivity contribution in [3.8, 4) is 11.5 Å². The van der Waals surface area contributed by atoms with Gasteiger partial charge in [0.2, 0.25) is 0 Å². The molecule has 4 aromatic heterocycles. The lowest BCUT2D eigenvalue weighted by atomic mass is 9.72. The molecule has 2 unspecified atom stereocenters. The zero-order chi connectivity index (χ0) is 28.2. The summed E-state index contributed by atoms with van der Waals surface area (Å²) < 4.78 is 36.3. The molecule has 206 valence electrons. The minimum Gasteiger partial charge on any atom is -0.457 e. The molecule has 0 radical (unpaired) electrons. The Hall–Kier alpha value is -5.00. The molecule has 12 heteroatoms. The van der Waals surface area contributed by atoms with E-state index in [0.717, 1.165) is 12.1 Å². The van der Waals surface area contributed by atoms with E-state index in [1.807, 2.05) is 19.1 Å². The number of hydrogen-bond donors (Lipinski definition) is 1. The number of anilines is 2. The Morgan fingerprint density at radius 1 is 1.07 bits per heavy atom. The highest BCUT2D eigenvalue weighted by molar-refractivity contribution is 5.92. The fourth-order valence-electron chi connectivity index (χ4n) is 5.84. The number of nitrogens with zero attached hydrogens (tertiary/aromatic N) is 7. The molecule has 41 heavy (non-hydrogen) atoms. The molecule has 1 aromatic carbocycles. The molecule has 3 atom stereocenters. The van der Waals surface area contributed by atoms with Gasteiger partial charge in [0.05, 0.1) is 11.2 Å². The Kier molecular flexibility index (Phi) is 5.84. The first kappa shape index (κ1) is 25.0. The van der Waals surface area contributed by atoms with E-state index >= 15 is 4.39 Å². The molecule has 1 saturated carbocycles. The molecule has 1 N–H and O–H groups in total. The lowest BCUT2D eigenvalue weighted by molar-refractivity contribution is -0.147. The monoisotopic (exact) mass is 554 g/mol. The molecule has 2 aliphatic heterocycles. The summed E-state index contributed by atoms with van der Waals surface area (Å²) in [5, 5.41) is 7.14. The largest absolute Gasteiger partial charge is 0.457 e. The Morgan fingerprint density at radius 2 is 1.90 bits per heavy atom. The zero-order valence-corrected chi connectivity index (χ0v) is 22.0. The fraction of sp³-hybridized carbons (Fsp3) is 0.241. The molecule has 3 fully saturated rings. The summed E-state index contributed by atoms with van der Waals surface area (Å²) >= 11 is 0. The molecule has 1 amide bonds. The number of fused-ring (bicyclic) bond motifs is 4. The summed E-state index contributed by atoms with van der Waals surface area (Å²) in [6, 6.07) is 10.1. The van der Waals surface area contributed by atoms with Crippen LogP contribution in [0, 0.1) is 12.7 Å². The zero-order valence-electron chi connectivity index (χ0n) is 22.0. The predicted octanol–water partition coefficient (Wildman–Crippen LogP) is 5.38. The van der Waals surface area contributed by atoms with Gasteiger partial charge in [-0.1, -0.05) is 6.58 Å². The van der Waals surface area contributed by atoms with E-state index < -0.39 is 17.6 Å². The molecule has 8 rings (SSSR count). The lowest BCUT2D eigenvalue weighted by Crippen LogP contribution is -2.62. The highest BCUT2D eigenvalue weighted by atomic mass is 19.1. The van der Waals surface area contributed by atoms with Gasteiger partial charge in [-0.05, 0) is 56.0 Å². The molecule has 3 aliphatic rings. The van der Waals surface area contributed by atoms with E-state index in [-0.39, 0.29) is 23.7 Å². The van der Waals surface area contributed by atoms with Crippen molar-refractivity contribution in [1.82, 2.24) is 34.4 Å². The van der Waals surface area contributed by atoms with Gasteiger partial charge < -0.3 is 15.0 Å². The van der Waals surface area contributed by atoms with E-state index in [4.69, 9.17) is 9.72 Å². The van der Waals surface area contributed by atoms with Crippen LogP contribution in [-0.4, -0.2) is 52.4 Å². The van der Waals surface area contributed by atoms with E-state index in [1.165, 1.54) is 18.7 Å². The predicted molar refractivity (Wildman–Crippen MR) is 146 cm³/mol. The van der Waals surface area contributed by atoms with Crippen LogP contribution in [0.15, 0.2) is 67.7 Å². The molecule has 10 nitrogen and oxygen atoms in total. The average molecular weight is 555 g/mol. The number of aromatic nitrogens is 6. The third-order valence-electron chi connectivity index (χ3n) is 7.83. The van der Waals surface area contributed by atoms with Gasteiger partial charge in [0, 0.05) is 42.0 Å². The van der Waals surface area contributed by atoms with E-state index in [9.17, 15) is 9.18 Å². The van der Waals surface area contributed by atoms with E-state index in [1.54, 1.807) is 33.8 Å². The average Bonchev–Trinajstić information content (AvgIpc) is 3.43. The minimum atomic E-state index is -0.926. The standard InChI is InChI=1S/C29H24F2N8O2/c1-15-7-24(21(31)12-25(15)41-20-5-6-38-26(11-20)33-14-35-38)37-28-27-23(32-13-34-28)4-3-22(36-27)17-8-18-10-19(9-17)39(18)29(40)16(2)30/h3-7,11-14,17-19H,2,8-10H2,1H3,(H,32,34,37)/t17?,18-,19?/m1/s1. The van der Waals surface area contributed by atoms with Crippen LogP contribution in [-0.2, 0) is 4.79 Å². The van der Waals surface area contributed by atoms with Crippen LogP contribution in [0.2, 0.25) is 0 Å². The van der Waals surface area contributed by atoms with Crippen LogP contribution >= 0.6 is 0 Å². The summed E-state index contributed by atoms with van der Waals surface area (Å²) in [5.41, 5.74) is 3.49. The number of carbonyl (C=O) groups excluding carboxylic acids is 1. The number of carbonyl (C=O) groups is 1. The van der Waals surface area contributed by atoms with Crippen LogP contribution in [0.4, 0.5) is 20.3 Å². The van der Waals surface area contributed by atoms with Crippen molar-refractivity contribution in [3.05, 3.63) is 84.7 Å². The number of amides is 1. The first-order valence-corrected chi connectivity index (χ1v) is 13.2. The SMILES string of the molecule is C=C(F)C(=O)N1C2CC(c3ccc4ncnc(Nc5cc(C)c(Oc6ccn7ncnc7c6)cc5F)c4n3)C[C@@H]1C2. The van der Waals surface area contributed by atoms with Gasteiger partial charge >= 0.3 is 0 Å². The van der Waals surface area contributed by atoms with Crippen LogP contribution in [0.25, 0.3) is 16.7 Å². The molecular formula is C29H24F2N8O2. The van der Waals surface area contributed by atoms with Gasteiger partial charge in [-0.15, -0.1) is 0 Å². The second-order valence-electron chi connectivity index (χ2n) is 10.4. The molecule has 2 bridgehead atoms. The molecule has 6 heterocycles. The summed E-state index contributed by atoms with van der Waals surface area (Å²) in [4.78, 5) is 31.4. The van der Waals surface area contributed by atoms with Crippen molar-refractivity contribution in [2.24, 2.45) is 0 Å². The topological polar surface area (TPSA) is 110 Å². The number of halogens is 2. The van der Waals surface area contributed by atoms with Crippen molar-refractivity contribution in [1.29, 1.82) is 0 Å². The van der Waals surface area contributed by atoms with Crippen LogP contribution in [0.1, 0.15) is 36.4 Å². The van der Waals surface area contributed by atoms with Crippen molar-refractivity contribution in [3.63, 3.8) is 0 Å². The summed E-state index contributed by atoms with van der Waals surface area (Å²) in [5.74, 6) is -0.734. The maximum absolute atomic E-state index is 15.3. The van der Waals surface area contributed by atoms with Crippen molar-refractivity contribution in [2.75, 3.05) is 5.32 Å². The van der Waals surface area contributed by atoms with Gasteiger partial charge in [0.25, 0.3) is 5.91 Å². The highest BCUT2D eigenvalue weighted by Gasteiger charge is 2.48. The van der Waals surface area contributed by atoms with Gasteiger partial charge in [0.1, 0.15) is 35.5 Å². The maximum Gasteiger partial charge on any atom is 0.282 e. The molecular weight excluding hydrogens is 530 g/mol. The van der Waals surface area contributed by atoms with Gasteiger partial charge in [-0.3, -0.25) is 4.79 Å². The van der Waals surface area contributed by atoms with Crippen molar-refractivity contribution in [2.45, 2.75) is 44.2 Å². The molecule has 5 aromatic rings. The molecule has 0 spiro atoms. The number of ether oxygens (including phenoxy) is 1. The van der Waals surface area contributed by atoms with Gasteiger partial charge in [0.15, 0.2) is 17.3 Å². The molecule has 2 saturated heterocycles. The number of pyridine rings is 2. The number of hydrogen-bond acceptors (Lipinski definition) is 8. The third kappa shape index (κ3) is 4.41. The van der Waals surface area contributed by atoms with Crippen molar-refractivity contribution >= 4 is 34.1 Å². The number of rotatable bonds is 6. The first-order valence-electron chi connectivity index (χ1n) is 13.2. The van der Waals surface area contributed by atoms with E-state index in [0.29, 0.717) is 52.4 Å². The van der Waals surface area contributed by atoms with Crippen LogP contribution < -0.4 is 10.1 Å². The van der Waals surface area contributed by atoms with E-state index in [2.05, 4.69) is 31.9 Å². The quantitative estimate of drug-likeness (QED) is 0.279. The molecule has 1 aliphatic carbocycles. The minimum absolute atomic E-state index is 0.0306. The fourth-order valence-corrected chi connectivity index (χ4v) is 5.84. The van der Waals surface area contributed by atoms with Crippen molar-refractivity contribution < 1.29 is 18.3 Å². The second-order valence-corrected chi connectivity index (χ2v) is 10.4. The normalized spacial score (nSPS) is 19.7. The Bertz CT molecular complexity index is 1850. The Morgan fingerprint density at radius 3 is 2.71 bits per heavy atom. The highest BCUT2D eigenvalue weighted by Crippen LogP contribution is 2.46. The summed E-state index contributed by atoms with van der Waals surface area (Å²) in [7, 11) is 0. The Labute approximate surface area is 232 Å². The van der Waals surface area contributed by atoms with Gasteiger partial charge in [-0.2, -0.15) is 5.10 Å². The number of benzene rings is 1. The maximum atomic E-state index is 15.3. The number of piperidine rings is 1. The smallest absolute Gasteiger partial charge is 0.282 e. The summed E-state index contributed by atoms with van der Waals surface area (Å²) in [6.07, 6.45) is 6.78. The van der Waals surface area contributed by atoms with Gasteiger partial charge in [-0.25, -0.2) is 33.2 Å². The third-order valence-corrected chi connectivity index (χ3v) is 7.83. The Balaban J connectivity index is 1.13. The number of nitrogens with one attached hydrogen (secondary N) is 1. The van der Waals surface area contributed by atoms with Crippen LogP contribution in [0.5, 0.6) is 11.5 Å². The lowest BCUT2D eigenvalue weighted by Gasteiger charge is -2.55. The van der Waals surface area contributed by atoms with Crippen LogP contribution in [0.3, 0.4) is 0 Å². The first-order chi connectivity index (χ1) is 19.8. The summed E-state index contributed by atoms with van der Waals surface area (Å²) in [6.45, 7) is 4.98. The second kappa shape index (κ2) is 9.58.